The van der Waals surface area contributed by atoms with E-state index in [0.717, 1.165) is 25.2 Å². The zero-order valence-corrected chi connectivity index (χ0v) is 9.22. The van der Waals surface area contributed by atoms with Gasteiger partial charge >= 0.3 is 0 Å². The molecule has 3 heteroatoms. The van der Waals surface area contributed by atoms with Gasteiger partial charge in [-0.3, -0.25) is 0 Å². The first kappa shape index (κ1) is 10.6. The lowest BCUT2D eigenvalue weighted by Gasteiger charge is -2.27. The normalized spacial score (nSPS) is 26.5. The molecule has 2 rings (SSSR count). The summed E-state index contributed by atoms with van der Waals surface area (Å²) in [5, 5.41) is 0. The van der Waals surface area contributed by atoms with Crippen LogP contribution in [0, 0.1) is 5.82 Å². The van der Waals surface area contributed by atoms with Gasteiger partial charge in [0.25, 0.3) is 0 Å². The number of hydrogen-bond acceptors (Lipinski definition) is 0. The summed E-state index contributed by atoms with van der Waals surface area (Å²) < 4.78 is 13.4. The highest BCUT2D eigenvalue weighted by Gasteiger charge is 2.20. The molecule has 1 aliphatic rings. The van der Waals surface area contributed by atoms with Crippen molar-refractivity contribution in [3.63, 3.8) is 0 Å². The first-order valence-corrected chi connectivity index (χ1v) is 5.64. The van der Waals surface area contributed by atoms with Crippen LogP contribution < -0.4 is 9.80 Å². The Kier molecular flexibility index (Phi) is 3.34. The second-order valence-electron chi connectivity index (χ2n) is 4.48. The van der Waals surface area contributed by atoms with E-state index in [1.807, 2.05) is 12.1 Å². The molecule has 0 spiro atoms. The van der Waals surface area contributed by atoms with Gasteiger partial charge in [-0.1, -0.05) is 18.2 Å². The van der Waals surface area contributed by atoms with Crippen molar-refractivity contribution in [2.45, 2.75) is 6.54 Å². The Bertz CT molecular complexity index is 319. The molecule has 2 N–H and O–H groups in total. The average molecular weight is 210 g/mol. The Labute approximate surface area is 90.3 Å². The second kappa shape index (κ2) is 4.73. The topological polar surface area (TPSA) is 8.88 Å². The third kappa shape index (κ3) is 2.76. The van der Waals surface area contributed by atoms with Crippen molar-refractivity contribution >= 4 is 0 Å². The van der Waals surface area contributed by atoms with Gasteiger partial charge in [-0.15, -0.1) is 0 Å². The fourth-order valence-electron chi connectivity index (χ4n) is 2.12. The van der Waals surface area contributed by atoms with Crippen LogP contribution in [0.4, 0.5) is 4.39 Å². The minimum Gasteiger partial charge on any atom is -0.328 e. The molecule has 82 valence electrons. The average Bonchev–Trinajstić information content (AvgIpc) is 2.25. The van der Waals surface area contributed by atoms with E-state index in [-0.39, 0.29) is 5.82 Å². The highest BCUT2D eigenvalue weighted by atomic mass is 19.1. The SMILES string of the molecule is C[NH+]1CC[NH+](Cc2ccccc2F)CC1. The Hall–Kier alpha value is -0.930. The van der Waals surface area contributed by atoms with Gasteiger partial charge in [-0.2, -0.15) is 0 Å². The quantitative estimate of drug-likeness (QED) is 0.603. The molecule has 1 aromatic rings. The maximum absolute atomic E-state index is 13.4. The zero-order valence-electron chi connectivity index (χ0n) is 9.22. The Morgan fingerprint density at radius 3 is 2.47 bits per heavy atom. The molecule has 0 aromatic heterocycles. The van der Waals surface area contributed by atoms with E-state index in [4.69, 9.17) is 0 Å². The highest BCUT2D eigenvalue weighted by molar-refractivity contribution is 5.15. The molecule has 15 heavy (non-hydrogen) atoms. The van der Waals surface area contributed by atoms with Gasteiger partial charge < -0.3 is 9.80 Å². The largest absolute Gasteiger partial charge is 0.328 e. The molecule has 1 fully saturated rings. The smallest absolute Gasteiger partial charge is 0.132 e. The number of quaternary nitrogens is 2. The molecule has 1 aromatic carbocycles. The van der Waals surface area contributed by atoms with Gasteiger partial charge in [0.15, 0.2) is 0 Å². The number of likely N-dealkylation sites (N-methyl/N-ethyl adjacent to an activating group) is 1. The van der Waals surface area contributed by atoms with Gasteiger partial charge in [0.05, 0.1) is 7.05 Å². The highest BCUT2D eigenvalue weighted by Crippen LogP contribution is 2.03. The minimum atomic E-state index is -0.0590. The molecule has 0 atom stereocenters. The van der Waals surface area contributed by atoms with E-state index >= 15 is 0 Å². The summed E-state index contributed by atoms with van der Waals surface area (Å²) in [7, 11) is 2.22. The fraction of sp³-hybridized carbons (Fsp3) is 0.500. The molecule has 1 aliphatic heterocycles. The molecule has 0 bridgehead atoms. The number of piperazine rings is 1. The van der Waals surface area contributed by atoms with Crippen LogP contribution in [0.1, 0.15) is 5.56 Å². The Balaban J connectivity index is 1.95. The van der Waals surface area contributed by atoms with Crippen LogP contribution in [0.3, 0.4) is 0 Å². The summed E-state index contributed by atoms with van der Waals surface area (Å²) in [5.41, 5.74) is 0.854. The van der Waals surface area contributed by atoms with Gasteiger partial charge in [0.1, 0.15) is 38.5 Å². The van der Waals surface area contributed by atoms with E-state index in [0.29, 0.717) is 0 Å². The van der Waals surface area contributed by atoms with Gasteiger partial charge in [-0.25, -0.2) is 4.39 Å². The summed E-state index contributed by atoms with van der Waals surface area (Å²) in [6, 6.07) is 7.12. The van der Waals surface area contributed by atoms with Crippen LogP contribution in [-0.4, -0.2) is 33.2 Å². The van der Waals surface area contributed by atoms with Crippen LogP contribution in [0.2, 0.25) is 0 Å². The number of nitrogens with one attached hydrogen (secondary N) is 2. The molecule has 0 aliphatic carbocycles. The van der Waals surface area contributed by atoms with E-state index in [2.05, 4.69) is 7.05 Å². The maximum Gasteiger partial charge on any atom is 0.132 e. The van der Waals surface area contributed by atoms with Crippen molar-refractivity contribution in [2.75, 3.05) is 33.2 Å². The van der Waals surface area contributed by atoms with Gasteiger partial charge in [-0.05, 0) is 6.07 Å². The molecule has 0 saturated carbocycles. The van der Waals surface area contributed by atoms with Crippen molar-refractivity contribution in [1.29, 1.82) is 0 Å². The molecule has 2 nitrogen and oxygen atoms in total. The van der Waals surface area contributed by atoms with E-state index in [1.54, 1.807) is 17.0 Å². The molecule has 1 heterocycles. The van der Waals surface area contributed by atoms with Crippen molar-refractivity contribution in [3.8, 4) is 0 Å². The van der Waals surface area contributed by atoms with Crippen LogP contribution >= 0.6 is 0 Å². The molecular weight excluding hydrogens is 191 g/mol. The number of rotatable bonds is 2. The summed E-state index contributed by atoms with van der Waals surface area (Å²) in [4.78, 5) is 3.10. The third-order valence-corrected chi connectivity index (χ3v) is 3.21. The van der Waals surface area contributed by atoms with E-state index in [9.17, 15) is 4.39 Å². The van der Waals surface area contributed by atoms with Crippen molar-refractivity contribution in [3.05, 3.63) is 35.6 Å². The molecule has 0 amide bonds. The van der Waals surface area contributed by atoms with Crippen LogP contribution in [0.25, 0.3) is 0 Å². The molecule has 0 unspecified atom stereocenters. The predicted octanol–water partition coefficient (Wildman–Crippen LogP) is -1.26. The van der Waals surface area contributed by atoms with E-state index < -0.39 is 0 Å². The van der Waals surface area contributed by atoms with Crippen LogP contribution in [0.15, 0.2) is 24.3 Å². The number of hydrogen-bond donors (Lipinski definition) is 2. The maximum atomic E-state index is 13.4. The molecular formula is C12H19FN2+2. The Morgan fingerprint density at radius 2 is 1.80 bits per heavy atom. The van der Waals surface area contributed by atoms with Crippen molar-refractivity contribution < 1.29 is 14.2 Å². The van der Waals surface area contributed by atoms with Crippen LogP contribution in [0.5, 0.6) is 0 Å². The summed E-state index contributed by atoms with van der Waals surface area (Å²) in [6.45, 7) is 5.54. The lowest BCUT2D eigenvalue weighted by atomic mass is 10.2. The van der Waals surface area contributed by atoms with E-state index in [1.165, 1.54) is 18.0 Å². The Morgan fingerprint density at radius 1 is 1.13 bits per heavy atom. The number of benzene rings is 1. The van der Waals surface area contributed by atoms with Gasteiger partial charge in [0.2, 0.25) is 0 Å². The summed E-state index contributed by atoms with van der Waals surface area (Å²) in [5.74, 6) is -0.0590. The minimum absolute atomic E-state index is 0.0590. The molecule has 1 saturated heterocycles. The standard InChI is InChI=1S/C12H17FN2/c1-14-6-8-15(9-7-14)10-11-4-2-3-5-12(11)13/h2-5H,6-10H2,1H3/p+2. The summed E-state index contributed by atoms with van der Waals surface area (Å²) >= 11 is 0. The monoisotopic (exact) mass is 210 g/mol. The van der Waals surface area contributed by atoms with Crippen LogP contribution in [-0.2, 0) is 6.54 Å². The van der Waals surface area contributed by atoms with Crippen molar-refractivity contribution in [1.82, 2.24) is 0 Å². The molecule has 0 radical (unpaired) electrons. The predicted molar refractivity (Wildman–Crippen MR) is 57.4 cm³/mol. The van der Waals surface area contributed by atoms with Gasteiger partial charge in [0, 0.05) is 5.56 Å². The summed E-state index contributed by atoms with van der Waals surface area (Å²) in [6.07, 6.45) is 0. The second-order valence-corrected chi connectivity index (χ2v) is 4.48. The lowest BCUT2D eigenvalue weighted by Crippen LogP contribution is -3.26. The zero-order chi connectivity index (χ0) is 10.7. The van der Waals surface area contributed by atoms with Crippen molar-refractivity contribution in [2.24, 2.45) is 0 Å². The lowest BCUT2D eigenvalue weighted by molar-refractivity contribution is -1.01. The number of halogens is 1. The first-order valence-electron chi connectivity index (χ1n) is 5.64. The fourth-order valence-corrected chi connectivity index (χ4v) is 2.12. The first-order chi connectivity index (χ1) is 7.25. The third-order valence-electron chi connectivity index (χ3n) is 3.21.